The predicted octanol–water partition coefficient (Wildman–Crippen LogP) is 4.36. The maximum atomic E-state index is 12.7. The molecule has 1 unspecified atom stereocenters. The minimum atomic E-state index is -3.96. The van der Waals surface area contributed by atoms with Crippen LogP contribution >= 0.6 is 0 Å². The highest BCUT2D eigenvalue weighted by molar-refractivity contribution is 7.86. The Morgan fingerprint density at radius 3 is 2.42 bits per heavy atom. The van der Waals surface area contributed by atoms with Gasteiger partial charge in [-0.25, -0.2) is 4.18 Å². The second-order valence-electron chi connectivity index (χ2n) is 5.75. The van der Waals surface area contributed by atoms with E-state index in [0.29, 0.717) is 5.56 Å². The van der Waals surface area contributed by atoms with Gasteiger partial charge in [0, 0.05) is 5.56 Å². The van der Waals surface area contributed by atoms with Crippen molar-refractivity contribution in [2.24, 2.45) is 0 Å². The molecule has 0 spiro atoms. The van der Waals surface area contributed by atoms with E-state index >= 15 is 0 Å². The highest BCUT2D eigenvalue weighted by atomic mass is 32.2. The Morgan fingerprint density at radius 1 is 1.08 bits per heavy atom. The average molecular weight is 338 g/mol. The molecule has 3 nitrogen and oxygen atoms in total. The van der Waals surface area contributed by atoms with Crippen molar-refractivity contribution in [1.82, 2.24) is 0 Å². The van der Waals surface area contributed by atoms with Gasteiger partial charge in [-0.1, -0.05) is 67.3 Å². The minimum Gasteiger partial charge on any atom is -0.246 e. The van der Waals surface area contributed by atoms with Crippen molar-refractivity contribution in [3.63, 3.8) is 0 Å². The van der Waals surface area contributed by atoms with E-state index in [1.807, 2.05) is 31.2 Å². The normalized spacial score (nSPS) is 19.8. The van der Waals surface area contributed by atoms with Gasteiger partial charge >= 0.3 is 0 Å². The van der Waals surface area contributed by atoms with Gasteiger partial charge in [-0.2, -0.15) is 8.42 Å². The molecule has 0 fully saturated rings. The Kier molecular flexibility index (Phi) is 4.03. The molecule has 0 saturated heterocycles. The van der Waals surface area contributed by atoms with Crippen LogP contribution in [-0.2, 0) is 19.9 Å². The molecule has 0 radical (unpaired) electrons. The van der Waals surface area contributed by atoms with Crippen LogP contribution in [0.15, 0.2) is 84.8 Å². The molecule has 3 rings (SSSR count). The lowest BCUT2D eigenvalue weighted by molar-refractivity contribution is 0.181. The van der Waals surface area contributed by atoms with Gasteiger partial charge in [0.2, 0.25) is 0 Å². The van der Waals surface area contributed by atoms with Gasteiger partial charge in [0.25, 0.3) is 10.1 Å². The van der Waals surface area contributed by atoms with Gasteiger partial charge in [-0.3, -0.25) is 0 Å². The SMILES string of the molecule is C=CC1(OS(=O)(=O)c2ccc(C)cc2)C=CC(=C)c2ccccc21. The Balaban J connectivity index is 2.09. The maximum absolute atomic E-state index is 12.7. The second kappa shape index (κ2) is 5.89. The first-order valence-electron chi connectivity index (χ1n) is 7.52. The van der Waals surface area contributed by atoms with Crippen molar-refractivity contribution in [3.05, 3.63) is 96.6 Å². The van der Waals surface area contributed by atoms with E-state index in [2.05, 4.69) is 13.2 Å². The summed E-state index contributed by atoms with van der Waals surface area (Å²) in [5.74, 6) is 0. The van der Waals surface area contributed by atoms with Gasteiger partial charge < -0.3 is 0 Å². The van der Waals surface area contributed by atoms with Crippen LogP contribution in [0.25, 0.3) is 5.57 Å². The molecular formula is C20H18O3S. The highest BCUT2D eigenvalue weighted by Gasteiger charge is 2.37. The van der Waals surface area contributed by atoms with E-state index in [1.54, 1.807) is 36.4 Å². The van der Waals surface area contributed by atoms with E-state index in [-0.39, 0.29) is 4.90 Å². The monoisotopic (exact) mass is 338 g/mol. The molecule has 1 aliphatic carbocycles. The Labute approximate surface area is 142 Å². The van der Waals surface area contributed by atoms with Crippen LogP contribution in [0, 0.1) is 6.92 Å². The van der Waals surface area contributed by atoms with Crippen LogP contribution < -0.4 is 0 Å². The molecule has 1 aliphatic rings. The van der Waals surface area contributed by atoms with Crippen molar-refractivity contribution in [3.8, 4) is 0 Å². The van der Waals surface area contributed by atoms with Crippen molar-refractivity contribution in [2.45, 2.75) is 17.4 Å². The first-order valence-corrected chi connectivity index (χ1v) is 8.93. The summed E-state index contributed by atoms with van der Waals surface area (Å²) in [5.41, 5.74) is 2.09. The lowest BCUT2D eigenvalue weighted by Gasteiger charge is -2.32. The van der Waals surface area contributed by atoms with Crippen LogP contribution in [0.3, 0.4) is 0 Å². The smallest absolute Gasteiger partial charge is 0.246 e. The molecule has 24 heavy (non-hydrogen) atoms. The van der Waals surface area contributed by atoms with E-state index in [0.717, 1.165) is 16.7 Å². The van der Waals surface area contributed by atoms with Gasteiger partial charge in [-0.15, -0.1) is 0 Å². The Bertz CT molecular complexity index is 937. The first-order chi connectivity index (χ1) is 11.4. The van der Waals surface area contributed by atoms with E-state index in [9.17, 15) is 8.42 Å². The van der Waals surface area contributed by atoms with Crippen LogP contribution in [0.1, 0.15) is 16.7 Å². The van der Waals surface area contributed by atoms with Crippen LogP contribution in [0.4, 0.5) is 0 Å². The molecule has 1 atom stereocenters. The van der Waals surface area contributed by atoms with Crippen LogP contribution in [0.5, 0.6) is 0 Å². The second-order valence-corrected chi connectivity index (χ2v) is 7.30. The molecule has 0 heterocycles. The molecule has 0 aliphatic heterocycles. The quantitative estimate of drug-likeness (QED) is 0.614. The van der Waals surface area contributed by atoms with Gasteiger partial charge in [-0.05, 0) is 36.3 Å². The molecule has 0 bridgehead atoms. The Morgan fingerprint density at radius 2 is 1.75 bits per heavy atom. The molecule has 0 N–H and O–H groups in total. The van der Waals surface area contributed by atoms with Crippen molar-refractivity contribution in [2.75, 3.05) is 0 Å². The summed E-state index contributed by atoms with van der Waals surface area (Å²) < 4.78 is 31.1. The van der Waals surface area contributed by atoms with Crippen LogP contribution in [0.2, 0.25) is 0 Å². The first kappa shape index (κ1) is 16.4. The van der Waals surface area contributed by atoms with E-state index in [4.69, 9.17) is 4.18 Å². The summed E-state index contributed by atoms with van der Waals surface area (Å²) in [6, 6.07) is 14.0. The van der Waals surface area contributed by atoms with E-state index in [1.165, 1.54) is 6.08 Å². The fourth-order valence-electron chi connectivity index (χ4n) is 2.73. The fourth-order valence-corrected chi connectivity index (χ4v) is 3.87. The third-order valence-corrected chi connectivity index (χ3v) is 5.43. The number of hydrogen-bond acceptors (Lipinski definition) is 3. The number of allylic oxidation sites excluding steroid dienone is 2. The number of fused-ring (bicyclic) bond motifs is 1. The van der Waals surface area contributed by atoms with Gasteiger partial charge in [0.05, 0.1) is 4.90 Å². The molecule has 2 aromatic carbocycles. The van der Waals surface area contributed by atoms with Crippen molar-refractivity contribution in [1.29, 1.82) is 0 Å². The topological polar surface area (TPSA) is 43.4 Å². The van der Waals surface area contributed by atoms with Crippen molar-refractivity contribution >= 4 is 15.7 Å². The highest BCUT2D eigenvalue weighted by Crippen LogP contribution is 2.40. The number of benzene rings is 2. The molecular weight excluding hydrogens is 320 g/mol. The molecule has 4 heteroatoms. The number of hydrogen-bond donors (Lipinski definition) is 0. The molecule has 0 saturated carbocycles. The zero-order chi connectivity index (χ0) is 17.4. The summed E-state index contributed by atoms with van der Waals surface area (Å²) in [4.78, 5) is 0.115. The summed E-state index contributed by atoms with van der Waals surface area (Å²) >= 11 is 0. The van der Waals surface area contributed by atoms with E-state index < -0.39 is 15.7 Å². The van der Waals surface area contributed by atoms with Gasteiger partial charge in [0.15, 0.2) is 0 Å². The summed E-state index contributed by atoms with van der Waals surface area (Å²) in [6.45, 7) is 9.69. The molecule has 122 valence electrons. The average Bonchev–Trinajstić information content (AvgIpc) is 2.58. The molecule has 2 aromatic rings. The predicted molar refractivity (Wildman–Crippen MR) is 95.9 cm³/mol. The standard InChI is InChI=1S/C20H18O3S/c1-4-20(14-13-16(3)18-7-5-6-8-19(18)20)23-24(21,22)17-11-9-15(2)10-12-17/h4-14H,1,3H2,2H3. The lowest BCUT2D eigenvalue weighted by Crippen LogP contribution is -2.31. The minimum absolute atomic E-state index is 0.115. The molecule has 0 aromatic heterocycles. The largest absolute Gasteiger partial charge is 0.298 e. The molecule has 0 amide bonds. The lowest BCUT2D eigenvalue weighted by atomic mass is 9.82. The fraction of sp³-hybridized carbons (Fsp3) is 0.100. The maximum Gasteiger partial charge on any atom is 0.298 e. The zero-order valence-electron chi connectivity index (χ0n) is 13.4. The third-order valence-electron chi connectivity index (χ3n) is 4.09. The number of aryl methyl sites for hydroxylation is 1. The summed E-state index contributed by atoms with van der Waals surface area (Å²) in [6.07, 6.45) is 4.94. The van der Waals surface area contributed by atoms with Crippen molar-refractivity contribution < 1.29 is 12.6 Å². The summed E-state index contributed by atoms with van der Waals surface area (Å²) in [5, 5.41) is 0. The number of rotatable bonds is 4. The Hall–Kier alpha value is -2.43. The van der Waals surface area contributed by atoms with Crippen LogP contribution in [-0.4, -0.2) is 8.42 Å². The zero-order valence-corrected chi connectivity index (χ0v) is 14.2. The van der Waals surface area contributed by atoms with Gasteiger partial charge in [0.1, 0.15) is 5.60 Å². The summed E-state index contributed by atoms with van der Waals surface area (Å²) in [7, 11) is -3.96. The third kappa shape index (κ3) is 2.75.